The van der Waals surface area contributed by atoms with Crippen LogP contribution in [0, 0.1) is 0 Å². The summed E-state index contributed by atoms with van der Waals surface area (Å²) in [6, 6.07) is 5.01. The molecule has 0 saturated carbocycles. The second-order valence-corrected chi connectivity index (χ2v) is 3.06. The number of fused-ring (bicyclic) bond motifs is 1. The van der Waals surface area contributed by atoms with Crippen LogP contribution in [0.3, 0.4) is 0 Å². The lowest BCUT2D eigenvalue weighted by atomic mass is 10.1. The van der Waals surface area contributed by atoms with Gasteiger partial charge in [0.1, 0.15) is 5.75 Å². The van der Waals surface area contributed by atoms with Gasteiger partial charge in [0.05, 0.1) is 7.11 Å². The van der Waals surface area contributed by atoms with E-state index < -0.39 is 12.0 Å². The average molecular weight is 180 g/mol. The second-order valence-electron chi connectivity index (χ2n) is 3.06. The molecule has 3 heteroatoms. The van der Waals surface area contributed by atoms with Crippen LogP contribution in [0.15, 0.2) is 18.2 Å². The highest BCUT2D eigenvalue weighted by Gasteiger charge is 2.30. The van der Waals surface area contributed by atoms with Gasteiger partial charge in [0, 0.05) is 12.0 Å². The van der Waals surface area contributed by atoms with E-state index in [4.69, 9.17) is 4.74 Å². The summed E-state index contributed by atoms with van der Waals surface area (Å²) >= 11 is 0. The van der Waals surface area contributed by atoms with Crippen molar-refractivity contribution in [3.8, 4) is 5.75 Å². The van der Waals surface area contributed by atoms with Gasteiger partial charge in [-0.1, -0.05) is 0 Å². The van der Waals surface area contributed by atoms with Gasteiger partial charge in [-0.05, 0) is 23.8 Å². The topological polar surface area (TPSA) is 26.3 Å². The zero-order valence-corrected chi connectivity index (χ0v) is 7.21. The number of carbonyl (C=O) groups excluding carboxylic acids is 1. The van der Waals surface area contributed by atoms with Crippen molar-refractivity contribution in [2.24, 2.45) is 0 Å². The number of carbonyl (C=O) groups is 1. The molecule has 1 aromatic rings. The molecule has 0 spiro atoms. The number of hydrogen-bond donors (Lipinski definition) is 0. The second kappa shape index (κ2) is 2.83. The zero-order valence-electron chi connectivity index (χ0n) is 7.21. The van der Waals surface area contributed by atoms with Crippen LogP contribution in [0.1, 0.15) is 15.9 Å². The molecule has 1 aromatic carbocycles. The summed E-state index contributed by atoms with van der Waals surface area (Å²) in [5, 5.41) is 0. The minimum Gasteiger partial charge on any atom is -0.497 e. The number of alkyl halides is 1. The van der Waals surface area contributed by atoms with Crippen LogP contribution in [0.2, 0.25) is 0 Å². The summed E-state index contributed by atoms with van der Waals surface area (Å²) in [5.41, 5.74) is 1.24. The van der Waals surface area contributed by atoms with Crippen molar-refractivity contribution in [3.63, 3.8) is 0 Å². The number of benzene rings is 1. The van der Waals surface area contributed by atoms with Crippen LogP contribution >= 0.6 is 0 Å². The van der Waals surface area contributed by atoms with E-state index in [0.29, 0.717) is 11.3 Å². The molecule has 2 rings (SSSR count). The van der Waals surface area contributed by atoms with E-state index in [9.17, 15) is 9.18 Å². The van der Waals surface area contributed by atoms with E-state index in [-0.39, 0.29) is 6.42 Å². The maximum Gasteiger partial charge on any atom is 0.197 e. The third kappa shape index (κ3) is 1.20. The average Bonchev–Trinajstić information content (AvgIpc) is 2.42. The molecule has 2 nitrogen and oxygen atoms in total. The van der Waals surface area contributed by atoms with Crippen LogP contribution in [-0.2, 0) is 6.42 Å². The first-order valence-corrected chi connectivity index (χ1v) is 4.07. The Morgan fingerprint density at radius 2 is 2.31 bits per heavy atom. The Labute approximate surface area is 75.3 Å². The SMILES string of the molecule is COc1ccc2c(c1)CC(F)C2=O. The summed E-state index contributed by atoms with van der Waals surface area (Å²) in [6.07, 6.45) is -1.17. The molecule has 0 amide bonds. The van der Waals surface area contributed by atoms with E-state index in [1.54, 1.807) is 25.3 Å². The Bertz CT molecular complexity index is 360. The molecule has 0 N–H and O–H groups in total. The van der Waals surface area contributed by atoms with Crippen molar-refractivity contribution in [1.82, 2.24) is 0 Å². The summed E-state index contributed by atoms with van der Waals surface area (Å²) in [5.74, 6) is 0.262. The number of methoxy groups -OCH3 is 1. The van der Waals surface area contributed by atoms with Gasteiger partial charge in [-0.2, -0.15) is 0 Å². The third-order valence-electron chi connectivity index (χ3n) is 2.26. The lowest BCUT2D eigenvalue weighted by Crippen LogP contribution is -2.07. The predicted molar refractivity (Wildman–Crippen MR) is 45.9 cm³/mol. The van der Waals surface area contributed by atoms with E-state index in [1.807, 2.05) is 0 Å². The molecule has 1 atom stereocenters. The Morgan fingerprint density at radius 1 is 1.54 bits per heavy atom. The number of ether oxygens (including phenoxy) is 1. The molecule has 1 aliphatic carbocycles. The molecule has 0 aromatic heterocycles. The molecule has 0 saturated heterocycles. The van der Waals surface area contributed by atoms with E-state index in [0.717, 1.165) is 5.56 Å². The summed E-state index contributed by atoms with van der Waals surface area (Å²) in [4.78, 5) is 11.2. The van der Waals surface area contributed by atoms with Crippen molar-refractivity contribution >= 4 is 5.78 Å². The maximum absolute atomic E-state index is 13.0. The third-order valence-corrected chi connectivity index (χ3v) is 2.26. The summed E-state index contributed by atoms with van der Waals surface area (Å²) in [7, 11) is 1.55. The zero-order chi connectivity index (χ0) is 9.42. The molecule has 1 aliphatic rings. The summed E-state index contributed by atoms with van der Waals surface area (Å²) < 4.78 is 17.9. The van der Waals surface area contributed by atoms with Gasteiger partial charge in [-0.3, -0.25) is 4.79 Å². The molecule has 0 fully saturated rings. The van der Waals surface area contributed by atoms with Gasteiger partial charge in [0.15, 0.2) is 12.0 Å². The number of ketones is 1. The molecular weight excluding hydrogens is 171 g/mol. The van der Waals surface area contributed by atoms with Gasteiger partial charge in [0.25, 0.3) is 0 Å². The van der Waals surface area contributed by atoms with Crippen LogP contribution in [0.5, 0.6) is 5.75 Å². The number of halogens is 1. The first kappa shape index (κ1) is 8.23. The van der Waals surface area contributed by atoms with E-state index in [2.05, 4.69) is 0 Å². The fourth-order valence-corrected chi connectivity index (χ4v) is 1.56. The molecule has 13 heavy (non-hydrogen) atoms. The Kier molecular flexibility index (Phi) is 1.79. The van der Waals surface area contributed by atoms with Crippen LogP contribution in [0.4, 0.5) is 4.39 Å². The molecule has 0 aliphatic heterocycles. The van der Waals surface area contributed by atoms with E-state index in [1.165, 1.54) is 0 Å². The van der Waals surface area contributed by atoms with Crippen molar-refractivity contribution < 1.29 is 13.9 Å². The number of hydrogen-bond acceptors (Lipinski definition) is 2. The molecule has 1 unspecified atom stereocenters. The largest absolute Gasteiger partial charge is 0.497 e. The minimum atomic E-state index is -1.36. The first-order chi connectivity index (χ1) is 6.22. The highest BCUT2D eigenvalue weighted by molar-refractivity contribution is 6.03. The Hall–Kier alpha value is -1.38. The van der Waals surface area contributed by atoms with Crippen molar-refractivity contribution in [2.75, 3.05) is 7.11 Å². The summed E-state index contributed by atoms with van der Waals surface area (Å²) in [6.45, 7) is 0. The van der Waals surface area contributed by atoms with Crippen LogP contribution in [-0.4, -0.2) is 19.1 Å². The first-order valence-electron chi connectivity index (χ1n) is 4.07. The fourth-order valence-electron chi connectivity index (χ4n) is 1.56. The van der Waals surface area contributed by atoms with Crippen LogP contribution < -0.4 is 4.74 Å². The van der Waals surface area contributed by atoms with Gasteiger partial charge in [-0.15, -0.1) is 0 Å². The monoisotopic (exact) mass is 180 g/mol. The van der Waals surface area contributed by atoms with Crippen LogP contribution in [0.25, 0.3) is 0 Å². The van der Waals surface area contributed by atoms with Crippen molar-refractivity contribution in [1.29, 1.82) is 0 Å². The highest BCUT2D eigenvalue weighted by Crippen LogP contribution is 2.27. The van der Waals surface area contributed by atoms with Gasteiger partial charge in [0.2, 0.25) is 0 Å². The molecule has 68 valence electrons. The standard InChI is InChI=1S/C10H9FO2/c1-13-7-2-3-8-6(4-7)5-9(11)10(8)12/h2-4,9H,5H2,1H3. The normalized spacial score (nSPS) is 20.2. The van der Waals surface area contributed by atoms with Crippen molar-refractivity contribution in [3.05, 3.63) is 29.3 Å². The van der Waals surface area contributed by atoms with E-state index >= 15 is 0 Å². The Morgan fingerprint density at radius 3 is 3.00 bits per heavy atom. The fraction of sp³-hybridized carbons (Fsp3) is 0.300. The number of Topliss-reactive ketones (excluding diaryl/α,β-unsaturated/α-hetero) is 1. The molecule has 0 bridgehead atoms. The quantitative estimate of drug-likeness (QED) is 0.658. The van der Waals surface area contributed by atoms with Gasteiger partial charge in [-0.25, -0.2) is 4.39 Å². The predicted octanol–water partition coefficient (Wildman–Crippen LogP) is 1.77. The minimum absolute atomic E-state index is 0.186. The van der Waals surface area contributed by atoms with Gasteiger partial charge < -0.3 is 4.74 Å². The van der Waals surface area contributed by atoms with Crippen molar-refractivity contribution in [2.45, 2.75) is 12.6 Å². The molecular formula is C10H9FO2. The number of rotatable bonds is 1. The molecule has 0 heterocycles. The Balaban J connectivity index is 2.46. The molecule has 0 radical (unpaired) electrons. The smallest absolute Gasteiger partial charge is 0.197 e. The lowest BCUT2D eigenvalue weighted by Gasteiger charge is -2.01. The van der Waals surface area contributed by atoms with Gasteiger partial charge >= 0.3 is 0 Å². The maximum atomic E-state index is 13.0. The highest BCUT2D eigenvalue weighted by atomic mass is 19.1. The lowest BCUT2D eigenvalue weighted by molar-refractivity contribution is 0.0899.